The lowest BCUT2D eigenvalue weighted by atomic mass is 10.0. The van der Waals surface area contributed by atoms with E-state index < -0.39 is 17.6 Å². The Morgan fingerprint density at radius 3 is 2.54 bits per heavy atom. The predicted octanol–water partition coefficient (Wildman–Crippen LogP) is 3.43. The fourth-order valence-corrected chi connectivity index (χ4v) is 2.32. The van der Waals surface area contributed by atoms with Crippen LogP contribution >= 0.6 is 11.6 Å². The zero-order chi connectivity index (χ0) is 18.3. The molecular formula is C18H24ClNO4. The second kappa shape index (κ2) is 8.73. The molecule has 0 radical (unpaired) electrons. The van der Waals surface area contributed by atoms with Crippen molar-refractivity contribution in [3.05, 3.63) is 40.9 Å². The van der Waals surface area contributed by atoms with Crippen molar-refractivity contribution in [3.8, 4) is 5.75 Å². The van der Waals surface area contributed by atoms with Crippen molar-refractivity contribution in [2.24, 2.45) is 0 Å². The predicted molar refractivity (Wildman–Crippen MR) is 94.3 cm³/mol. The molecule has 0 saturated carbocycles. The van der Waals surface area contributed by atoms with Crippen molar-refractivity contribution in [2.75, 3.05) is 7.11 Å². The Balaban J connectivity index is 2.79. The number of rotatable bonds is 7. The Kier molecular flexibility index (Phi) is 7.29. The number of hydrogen-bond donors (Lipinski definition) is 1. The van der Waals surface area contributed by atoms with Crippen LogP contribution in [0.3, 0.4) is 0 Å². The third kappa shape index (κ3) is 6.62. The lowest BCUT2D eigenvalue weighted by molar-refractivity contribution is -0.135. The second-order valence-electron chi connectivity index (χ2n) is 6.05. The van der Waals surface area contributed by atoms with E-state index in [4.69, 9.17) is 16.3 Å². The molecule has 0 aliphatic rings. The number of carbonyl (C=O) groups excluding carboxylic acids is 2. The maximum Gasteiger partial charge on any atom is 0.330 e. The highest BCUT2D eigenvalue weighted by Gasteiger charge is 2.25. The van der Waals surface area contributed by atoms with Gasteiger partial charge in [0.1, 0.15) is 5.75 Å². The normalized spacial score (nSPS) is 12.8. The molecule has 5 nitrogen and oxygen atoms in total. The molecule has 0 bridgehead atoms. The van der Waals surface area contributed by atoms with E-state index in [1.165, 1.54) is 13.2 Å². The summed E-state index contributed by atoms with van der Waals surface area (Å²) in [5.74, 6) is -0.199. The molecule has 0 aromatic heterocycles. The lowest BCUT2D eigenvalue weighted by Crippen LogP contribution is -2.48. The molecule has 0 aliphatic carbocycles. The van der Waals surface area contributed by atoms with E-state index in [9.17, 15) is 9.59 Å². The van der Waals surface area contributed by atoms with Gasteiger partial charge in [-0.15, -0.1) is 0 Å². The van der Waals surface area contributed by atoms with E-state index in [0.717, 1.165) is 5.56 Å². The second-order valence-corrected chi connectivity index (χ2v) is 6.48. The first kappa shape index (κ1) is 20.0. The van der Waals surface area contributed by atoms with Gasteiger partial charge >= 0.3 is 5.97 Å². The van der Waals surface area contributed by atoms with E-state index in [0.29, 0.717) is 17.2 Å². The molecule has 1 aromatic rings. The number of methoxy groups -OCH3 is 1. The third-order valence-corrected chi connectivity index (χ3v) is 3.46. The fourth-order valence-electron chi connectivity index (χ4n) is 2.04. The van der Waals surface area contributed by atoms with E-state index in [-0.39, 0.29) is 5.91 Å². The largest absolute Gasteiger partial charge is 0.481 e. The van der Waals surface area contributed by atoms with Gasteiger partial charge in [0, 0.05) is 11.1 Å². The molecule has 1 rings (SSSR count). The summed E-state index contributed by atoms with van der Waals surface area (Å²) < 4.78 is 10.3. The summed E-state index contributed by atoms with van der Waals surface area (Å²) >= 11 is 6.01. The van der Waals surface area contributed by atoms with Gasteiger partial charge in [0.05, 0.1) is 12.6 Å². The monoisotopic (exact) mass is 353 g/mol. The molecule has 0 spiro atoms. The first-order chi connectivity index (χ1) is 11.2. The highest BCUT2D eigenvalue weighted by atomic mass is 35.5. The van der Waals surface area contributed by atoms with Gasteiger partial charge in [-0.3, -0.25) is 4.79 Å². The molecule has 1 amide bonds. The van der Waals surface area contributed by atoms with Crippen LogP contribution in [0.5, 0.6) is 5.75 Å². The summed E-state index contributed by atoms with van der Waals surface area (Å²) in [6.45, 7) is 7.32. The Hall–Kier alpha value is -2.01. The van der Waals surface area contributed by atoms with Crippen LogP contribution in [0.25, 0.3) is 0 Å². The molecule has 6 heteroatoms. The minimum Gasteiger partial charge on any atom is -0.481 e. The molecule has 0 aliphatic heterocycles. The van der Waals surface area contributed by atoms with Crippen molar-refractivity contribution in [1.82, 2.24) is 5.32 Å². The van der Waals surface area contributed by atoms with Gasteiger partial charge in [-0.1, -0.05) is 24.6 Å². The summed E-state index contributed by atoms with van der Waals surface area (Å²) in [6, 6.07) is 5.31. The van der Waals surface area contributed by atoms with Crippen LogP contribution in [-0.2, 0) is 14.3 Å². The van der Waals surface area contributed by atoms with Crippen LogP contribution < -0.4 is 10.1 Å². The molecule has 1 aromatic carbocycles. The Morgan fingerprint density at radius 2 is 2.00 bits per heavy atom. The standard InChI is InChI=1S/C18H24ClNO4/c1-6-15(24-14-10-12(2)9-13(19)11-14)17(22)20-18(3,4)8-7-16(21)23-5/h7-11,15H,6H2,1-5H3,(H,20,22)/b8-7+. The highest BCUT2D eigenvalue weighted by Crippen LogP contribution is 2.22. The van der Waals surface area contributed by atoms with Crippen molar-refractivity contribution in [3.63, 3.8) is 0 Å². The van der Waals surface area contributed by atoms with Crippen molar-refractivity contribution in [2.45, 2.75) is 45.8 Å². The number of benzene rings is 1. The van der Waals surface area contributed by atoms with E-state index >= 15 is 0 Å². The van der Waals surface area contributed by atoms with E-state index in [2.05, 4.69) is 10.1 Å². The van der Waals surface area contributed by atoms with Gasteiger partial charge < -0.3 is 14.8 Å². The first-order valence-electron chi connectivity index (χ1n) is 7.70. The number of amides is 1. The smallest absolute Gasteiger partial charge is 0.330 e. The minimum atomic E-state index is -0.716. The van der Waals surface area contributed by atoms with Gasteiger partial charge in [0.25, 0.3) is 5.91 Å². The van der Waals surface area contributed by atoms with Crippen molar-refractivity contribution >= 4 is 23.5 Å². The number of hydrogen-bond acceptors (Lipinski definition) is 4. The maximum atomic E-state index is 12.5. The number of esters is 1. The number of carbonyl (C=O) groups is 2. The minimum absolute atomic E-state index is 0.269. The van der Waals surface area contributed by atoms with Crippen molar-refractivity contribution in [1.29, 1.82) is 0 Å². The van der Waals surface area contributed by atoms with Crippen LogP contribution in [0.15, 0.2) is 30.4 Å². The van der Waals surface area contributed by atoms with Gasteiger partial charge in [-0.05, 0) is 51.0 Å². The molecule has 0 saturated heterocycles. The van der Waals surface area contributed by atoms with Crippen LogP contribution in [0.4, 0.5) is 0 Å². The summed E-state index contributed by atoms with van der Waals surface area (Å²) in [5.41, 5.74) is 0.237. The summed E-state index contributed by atoms with van der Waals surface area (Å²) in [7, 11) is 1.30. The van der Waals surface area contributed by atoms with Gasteiger partial charge in [-0.2, -0.15) is 0 Å². The van der Waals surface area contributed by atoms with Crippen LogP contribution in [-0.4, -0.2) is 30.6 Å². The third-order valence-electron chi connectivity index (χ3n) is 3.24. The Morgan fingerprint density at radius 1 is 1.33 bits per heavy atom. The van der Waals surface area contributed by atoms with E-state index in [1.807, 2.05) is 26.0 Å². The SMILES string of the molecule is CCC(Oc1cc(C)cc(Cl)c1)C(=O)NC(C)(C)/C=C/C(=O)OC. The highest BCUT2D eigenvalue weighted by molar-refractivity contribution is 6.30. The number of aryl methyl sites for hydroxylation is 1. The van der Waals surface area contributed by atoms with Crippen LogP contribution in [0, 0.1) is 6.92 Å². The summed E-state index contributed by atoms with van der Waals surface area (Å²) in [5, 5.41) is 3.40. The molecule has 1 atom stereocenters. The van der Waals surface area contributed by atoms with Crippen LogP contribution in [0.1, 0.15) is 32.8 Å². The number of ether oxygens (including phenoxy) is 2. The van der Waals surface area contributed by atoms with Crippen LogP contribution in [0.2, 0.25) is 5.02 Å². The number of halogens is 1. The molecular weight excluding hydrogens is 330 g/mol. The van der Waals surface area contributed by atoms with E-state index in [1.54, 1.807) is 26.0 Å². The molecule has 24 heavy (non-hydrogen) atoms. The summed E-state index contributed by atoms with van der Waals surface area (Å²) in [4.78, 5) is 23.6. The molecule has 0 heterocycles. The Bertz CT molecular complexity index is 605. The average molecular weight is 354 g/mol. The zero-order valence-electron chi connectivity index (χ0n) is 14.7. The quantitative estimate of drug-likeness (QED) is 0.602. The fraction of sp³-hybridized carbons (Fsp3) is 0.444. The Labute approximate surface area is 148 Å². The van der Waals surface area contributed by atoms with Gasteiger partial charge in [-0.25, -0.2) is 4.79 Å². The number of nitrogens with one attached hydrogen (secondary N) is 1. The molecule has 132 valence electrons. The van der Waals surface area contributed by atoms with Gasteiger partial charge in [0.15, 0.2) is 6.10 Å². The lowest BCUT2D eigenvalue weighted by Gasteiger charge is -2.26. The van der Waals surface area contributed by atoms with Crippen molar-refractivity contribution < 1.29 is 19.1 Å². The molecule has 1 unspecified atom stereocenters. The maximum absolute atomic E-state index is 12.5. The first-order valence-corrected chi connectivity index (χ1v) is 8.07. The molecule has 0 fully saturated rings. The molecule has 1 N–H and O–H groups in total. The van der Waals surface area contributed by atoms with Gasteiger partial charge in [0.2, 0.25) is 0 Å². The topological polar surface area (TPSA) is 64.6 Å². The zero-order valence-corrected chi connectivity index (χ0v) is 15.4. The average Bonchev–Trinajstić information content (AvgIpc) is 2.48. The summed E-state index contributed by atoms with van der Waals surface area (Å²) in [6.07, 6.45) is 2.69.